The Morgan fingerprint density at radius 2 is 2.00 bits per heavy atom. The summed E-state index contributed by atoms with van der Waals surface area (Å²) in [7, 11) is 0. The summed E-state index contributed by atoms with van der Waals surface area (Å²) in [5.74, 6) is 0.624. The summed E-state index contributed by atoms with van der Waals surface area (Å²) in [5, 5.41) is 2.61. The number of amides is 2. The first kappa shape index (κ1) is 10.7. The van der Waals surface area contributed by atoms with Gasteiger partial charge in [-0.15, -0.1) is 0 Å². The van der Waals surface area contributed by atoms with E-state index in [-0.39, 0.29) is 6.03 Å². The predicted molar refractivity (Wildman–Crippen MR) is 60.5 cm³/mol. The van der Waals surface area contributed by atoms with Crippen molar-refractivity contribution in [2.75, 3.05) is 17.7 Å². The molecule has 0 aromatic heterocycles. The second-order valence-electron chi connectivity index (χ2n) is 2.60. The molecule has 5 heteroatoms. The van der Waals surface area contributed by atoms with Crippen LogP contribution in [0.25, 0.3) is 0 Å². The van der Waals surface area contributed by atoms with Crippen molar-refractivity contribution in [1.82, 2.24) is 10.7 Å². The highest BCUT2D eigenvalue weighted by Crippen LogP contribution is 2.01. The fourth-order valence-corrected chi connectivity index (χ4v) is 0.976. The number of para-hydroxylation sites is 1. The van der Waals surface area contributed by atoms with Crippen LogP contribution in [-0.4, -0.2) is 18.3 Å². The molecular weight excluding hydrogens is 198 g/mol. The summed E-state index contributed by atoms with van der Waals surface area (Å²) in [6, 6.07) is 9.14. The summed E-state index contributed by atoms with van der Waals surface area (Å²) in [6.45, 7) is 0.547. The van der Waals surface area contributed by atoms with Gasteiger partial charge in [0, 0.05) is 12.3 Å². The van der Waals surface area contributed by atoms with Crippen LogP contribution in [0.5, 0.6) is 0 Å². The highest BCUT2D eigenvalue weighted by molar-refractivity contribution is 7.80. The van der Waals surface area contributed by atoms with Gasteiger partial charge in [-0.2, -0.15) is 12.6 Å². The maximum absolute atomic E-state index is 11.1. The molecule has 0 aliphatic heterocycles. The van der Waals surface area contributed by atoms with Crippen molar-refractivity contribution in [3.8, 4) is 0 Å². The Labute approximate surface area is 88.5 Å². The zero-order valence-corrected chi connectivity index (χ0v) is 8.55. The van der Waals surface area contributed by atoms with Crippen LogP contribution in [0.2, 0.25) is 0 Å². The Kier molecular flexibility index (Phi) is 4.71. The monoisotopic (exact) mass is 211 g/mol. The normalized spacial score (nSPS) is 9.21. The van der Waals surface area contributed by atoms with Crippen LogP contribution in [0.3, 0.4) is 0 Å². The van der Waals surface area contributed by atoms with Crippen molar-refractivity contribution < 1.29 is 4.79 Å². The Morgan fingerprint density at radius 3 is 2.64 bits per heavy atom. The van der Waals surface area contributed by atoms with E-state index in [0.717, 1.165) is 5.69 Å². The van der Waals surface area contributed by atoms with Crippen molar-refractivity contribution in [3.63, 3.8) is 0 Å². The molecule has 1 rings (SSSR count). The highest BCUT2D eigenvalue weighted by Gasteiger charge is 1.96. The number of carbonyl (C=O) groups is 1. The molecule has 0 spiro atoms. The van der Waals surface area contributed by atoms with Gasteiger partial charge in [0.05, 0.1) is 5.69 Å². The fourth-order valence-electron chi connectivity index (χ4n) is 0.864. The van der Waals surface area contributed by atoms with Crippen LogP contribution in [0.1, 0.15) is 0 Å². The van der Waals surface area contributed by atoms with Gasteiger partial charge in [0.2, 0.25) is 0 Å². The van der Waals surface area contributed by atoms with Gasteiger partial charge in [-0.05, 0) is 12.1 Å². The molecule has 0 saturated carbocycles. The Balaban J connectivity index is 2.24. The third kappa shape index (κ3) is 4.04. The van der Waals surface area contributed by atoms with Crippen LogP contribution < -0.4 is 16.2 Å². The van der Waals surface area contributed by atoms with Crippen LogP contribution in [0, 0.1) is 0 Å². The number of rotatable bonds is 4. The van der Waals surface area contributed by atoms with E-state index in [1.165, 1.54) is 0 Å². The first-order chi connectivity index (χ1) is 6.83. The molecule has 3 N–H and O–H groups in total. The third-order valence-electron chi connectivity index (χ3n) is 1.49. The molecule has 0 unspecified atom stereocenters. The Morgan fingerprint density at radius 1 is 1.29 bits per heavy atom. The molecule has 1 aromatic rings. The van der Waals surface area contributed by atoms with Gasteiger partial charge in [-0.3, -0.25) is 10.9 Å². The number of urea groups is 1. The maximum Gasteiger partial charge on any atom is 0.333 e. The third-order valence-corrected chi connectivity index (χ3v) is 1.72. The molecule has 4 nitrogen and oxygen atoms in total. The first-order valence-electron chi connectivity index (χ1n) is 4.28. The van der Waals surface area contributed by atoms with E-state index in [9.17, 15) is 4.79 Å². The number of benzene rings is 1. The van der Waals surface area contributed by atoms with E-state index in [4.69, 9.17) is 0 Å². The first-order valence-corrected chi connectivity index (χ1v) is 4.92. The van der Waals surface area contributed by atoms with Gasteiger partial charge in [0.25, 0.3) is 0 Å². The van der Waals surface area contributed by atoms with Gasteiger partial charge in [-0.25, -0.2) is 4.79 Å². The summed E-state index contributed by atoms with van der Waals surface area (Å²) >= 11 is 3.97. The zero-order chi connectivity index (χ0) is 10.2. The van der Waals surface area contributed by atoms with Gasteiger partial charge < -0.3 is 5.32 Å². The SMILES string of the molecule is O=C(NCCS)NNc1ccccc1. The molecule has 0 atom stereocenters. The summed E-state index contributed by atoms with van der Waals surface area (Å²) < 4.78 is 0. The van der Waals surface area contributed by atoms with E-state index in [0.29, 0.717) is 12.3 Å². The van der Waals surface area contributed by atoms with Crippen molar-refractivity contribution in [3.05, 3.63) is 30.3 Å². The molecule has 76 valence electrons. The van der Waals surface area contributed by atoms with Crippen molar-refractivity contribution in [2.45, 2.75) is 0 Å². The molecule has 0 radical (unpaired) electrons. The van der Waals surface area contributed by atoms with E-state index in [2.05, 4.69) is 28.8 Å². The second-order valence-corrected chi connectivity index (χ2v) is 3.04. The standard InChI is InChI=1S/C9H13N3OS/c13-9(10-6-7-14)12-11-8-4-2-1-3-5-8/h1-5,11,14H,6-7H2,(H2,10,12,13). The van der Waals surface area contributed by atoms with Gasteiger partial charge >= 0.3 is 6.03 Å². The van der Waals surface area contributed by atoms with Gasteiger partial charge in [-0.1, -0.05) is 18.2 Å². The molecule has 0 fully saturated rings. The smallest absolute Gasteiger partial charge is 0.333 e. The molecule has 0 bridgehead atoms. The molecule has 0 heterocycles. The minimum atomic E-state index is -0.261. The highest BCUT2D eigenvalue weighted by atomic mass is 32.1. The summed E-state index contributed by atoms with van der Waals surface area (Å²) in [5.41, 5.74) is 6.11. The van der Waals surface area contributed by atoms with Crippen LogP contribution in [0.15, 0.2) is 30.3 Å². The Bertz CT molecular complexity index is 279. The number of nitrogens with one attached hydrogen (secondary N) is 3. The molecular formula is C9H13N3OS. The average Bonchev–Trinajstić information content (AvgIpc) is 2.25. The molecule has 0 saturated heterocycles. The lowest BCUT2D eigenvalue weighted by Gasteiger charge is -2.08. The number of anilines is 1. The molecule has 0 aliphatic carbocycles. The lowest BCUT2D eigenvalue weighted by Crippen LogP contribution is -2.39. The minimum Gasteiger partial charge on any atom is -0.336 e. The predicted octanol–water partition coefficient (Wildman–Crippen LogP) is 1.24. The average molecular weight is 211 g/mol. The molecule has 2 amide bonds. The van der Waals surface area contributed by atoms with Crippen molar-refractivity contribution >= 4 is 24.3 Å². The maximum atomic E-state index is 11.1. The van der Waals surface area contributed by atoms with E-state index in [1.807, 2.05) is 30.3 Å². The van der Waals surface area contributed by atoms with Crippen molar-refractivity contribution in [1.29, 1.82) is 0 Å². The van der Waals surface area contributed by atoms with Crippen LogP contribution in [-0.2, 0) is 0 Å². The minimum absolute atomic E-state index is 0.261. The van der Waals surface area contributed by atoms with Crippen LogP contribution in [0.4, 0.5) is 10.5 Å². The number of hydrogen-bond donors (Lipinski definition) is 4. The topological polar surface area (TPSA) is 53.2 Å². The van der Waals surface area contributed by atoms with E-state index < -0.39 is 0 Å². The number of hydrazine groups is 1. The van der Waals surface area contributed by atoms with E-state index in [1.54, 1.807) is 0 Å². The molecule has 0 aliphatic rings. The number of hydrogen-bond acceptors (Lipinski definition) is 3. The van der Waals surface area contributed by atoms with Gasteiger partial charge in [0.15, 0.2) is 0 Å². The molecule has 14 heavy (non-hydrogen) atoms. The largest absolute Gasteiger partial charge is 0.336 e. The lowest BCUT2D eigenvalue weighted by atomic mass is 10.3. The fraction of sp³-hybridized carbons (Fsp3) is 0.222. The van der Waals surface area contributed by atoms with Gasteiger partial charge in [0.1, 0.15) is 0 Å². The van der Waals surface area contributed by atoms with Crippen molar-refractivity contribution in [2.24, 2.45) is 0 Å². The summed E-state index contributed by atoms with van der Waals surface area (Å²) in [6.07, 6.45) is 0. The number of carbonyl (C=O) groups excluding carboxylic acids is 1. The zero-order valence-electron chi connectivity index (χ0n) is 7.66. The van der Waals surface area contributed by atoms with E-state index >= 15 is 0 Å². The quantitative estimate of drug-likeness (QED) is 0.447. The second kappa shape index (κ2) is 6.15. The van der Waals surface area contributed by atoms with Crippen LogP contribution >= 0.6 is 12.6 Å². The Hall–Kier alpha value is -1.36. The summed E-state index contributed by atoms with van der Waals surface area (Å²) in [4.78, 5) is 11.1. The molecule has 1 aromatic carbocycles. The number of thiol groups is 1. The lowest BCUT2D eigenvalue weighted by molar-refractivity contribution is 0.243.